The number of thiophene rings is 1. The van der Waals surface area contributed by atoms with Gasteiger partial charge in [-0.1, -0.05) is 30.0 Å². The van der Waals surface area contributed by atoms with Gasteiger partial charge in [0, 0.05) is 18.5 Å². The first-order valence-electron chi connectivity index (χ1n) is 9.94. The van der Waals surface area contributed by atoms with E-state index in [-0.39, 0.29) is 30.0 Å². The minimum atomic E-state index is -0.218. The van der Waals surface area contributed by atoms with E-state index in [1.54, 1.807) is 16.2 Å². The summed E-state index contributed by atoms with van der Waals surface area (Å²) in [6.45, 7) is 1.91. The van der Waals surface area contributed by atoms with Crippen LogP contribution in [0.1, 0.15) is 32.2 Å². The smallest absolute Gasteiger partial charge is 0.237 e. The van der Waals surface area contributed by atoms with E-state index in [1.165, 1.54) is 11.8 Å². The van der Waals surface area contributed by atoms with E-state index < -0.39 is 0 Å². The third-order valence-corrected chi connectivity index (χ3v) is 7.06. The van der Waals surface area contributed by atoms with E-state index >= 15 is 0 Å². The van der Waals surface area contributed by atoms with Crippen LogP contribution in [0.15, 0.2) is 46.9 Å². The molecule has 1 fully saturated rings. The van der Waals surface area contributed by atoms with Crippen LogP contribution in [-0.2, 0) is 9.59 Å². The maximum Gasteiger partial charge on any atom is 0.237 e. The van der Waals surface area contributed by atoms with Crippen molar-refractivity contribution < 1.29 is 9.59 Å². The highest BCUT2D eigenvalue weighted by atomic mass is 32.2. The Morgan fingerprint density at radius 1 is 1.23 bits per heavy atom. The largest absolute Gasteiger partial charge is 0.324 e. The molecule has 1 atom stereocenters. The fraction of sp³-hybridized carbons (Fsp3) is 0.333. The molecule has 5 rings (SSSR count). The van der Waals surface area contributed by atoms with Crippen molar-refractivity contribution in [3.63, 3.8) is 0 Å². The van der Waals surface area contributed by atoms with E-state index in [0.29, 0.717) is 11.7 Å². The van der Waals surface area contributed by atoms with Crippen molar-refractivity contribution in [1.82, 2.24) is 14.8 Å². The second kappa shape index (κ2) is 7.88. The Morgan fingerprint density at radius 2 is 2.07 bits per heavy atom. The number of fused-ring (bicyclic) bond motifs is 1. The Bertz CT molecular complexity index is 1090. The number of nitrogens with one attached hydrogen (secondary N) is 1. The summed E-state index contributed by atoms with van der Waals surface area (Å²) in [6, 6.07) is 11.7. The highest BCUT2D eigenvalue weighted by Gasteiger charge is 2.32. The van der Waals surface area contributed by atoms with Gasteiger partial charge in [-0.2, -0.15) is 0 Å². The van der Waals surface area contributed by atoms with Crippen molar-refractivity contribution in [2.75, 3.05) is 16.0 Å². The van der Waals surface area contributed by atoms with Crippen LogP contribution in [0.2, 0.25) is 0 Å². The summed E-state index contributed by atoms with van der Waals surface area (Å²) in [5, 5.41) is 14.5. The van der Waals surface area contributed by atoms with Gasteiger partial charge in [-0.25, -0.2) is 0 Å². The lowest BCUT2D eigenvalue weighted by Gasteiger charge is -2.27. The summed E-state index contributed by atoms with van der Waals surface area (Å²) in [5.41, 5.74) is 1.41. The number of aromatic nitrogens is 3. The number of benzene rings is 1. The standard InChI is InChI=1S/C21H21N5O2S2/c1-13-11-18(27)22-15-5-2-3-6-16(15)25(13)19(28)12-30-21-24-23-20(17-7-4-10-29-17)26(21)14-8-9-14/h2-7,10,13-14H,8-9,11-12H2,1H3,(H,22,27)/t13-/m0/s1. The topological polar surface area (TPSA) is 80.1 Å². The molecule has 1 aromatic carbocycles. The Hall–Kier alpha value is -2.65. The Morgan fingerprint density at radius 3 is 2.83 bits per heavy atom. The molecule has 0 saturated heterocycles. The molecule has 0 unspecified atom stereocenters. The van der Waals surface area contributed by atoms with Gasteiger partial charge in [-0.3, -0.25) is 14.2 Å². The average molecular weight is 440 g/mol. The van der Waals surface area contributed by atoms with Crippen LogP contribution in [0, 0.1) is 0 Å². The quantitative estimate of drug-likeness (QED) is 0.603. The van der Waals surface area contributed by atoms with Crippen molar-refractivity contribution in [2.24, 2.45) is 0 Å². The first kappa shape index (κ1) is 19.3. The van der Waals surface area contributed by atoms with Crippen LogP contribution in [0.4, 0.5) is 11.4 Å². The molecule has 2 aromatic heterocycles. The number of anilines is 2. The van der Waals surface area contributed by atoms with Gasteiger partial charge in [0.2, 0.25) is 11.8 Å². The molecule has 30 heavy (non-hydrogen) atoms. The number of thioether (sulfide) groups is 1. The summed E-state index contributed by atoms with van der Waals surface area (Å²) in [4.78, 5) is 28.2. The molecule has 3 aromatic rings. The number of para-hydroxylation sites is 2. The molecule has 0 bridgehead atoms. The molecule has 154 valence electrons. The van der Waals surface area contributed by atoms with E-state index in [9.17, 15) is 9.59 Å². The van der Waals surface area contributed by atoms with Crippen LogP contribution in [0.5, 0.6) is 0 Å². The Labute approximate surface area is 182 Å². The lowest BCUT2D eigenvalue weighted by Crippen LogP contribution is -2.40. The van der Waals surface area contributed by atoms with E-state index in [2.05, 4.69) is 20.1 Å². The summed E-state index contributed by atoms with van der Waals surface area (Å²) in [7, 11) is 0. The number of rotatable bonds is 5. The monoisotopic (exact) mass is 439 g/mol. The summed E-state index contributed by atoms with van der Waals surface area (Å²) < 4.78 is 2.18. The van der Waals surface area contributed by atoms with E-state index in [4.69, 9.17) is 0 Å². The zero-order valence-corrected chi connectivity index (χ0v) is 18.1. The lowest BCUT2D eigenvalue weighted by molar-refractivity contribution is -0.117. The molecule has 1 aliphatic carbocycles. The number of nitrogens with zero attached hydrogens (tertiary/aromatic N) is 4. The SMILES string of the molecule is C[C@H]1CC(=O)Nc2ccccc2N1C(=O)CSc1nnc(-c2cccs2)n1C1CC1. The van der Waals surface area contributed by atoms with Crippen molar-refractivity contribution in [3.05, 3.63) is 41.8 Å². The number of hydrogen-bond donors (Lipinski definition) is 1. The molecule has 2 amide bonds. The average Bonchev–Trinajstić information content (AvgIpc) is 3.28. The highest BCUT2D eigenvalue weighted by Crippen LogP contribution is 2.42. The van der Waals surface area contributed by atoms with Gasteiger partial charge < -0.3 is 10.2 Å². The van der Waals surface area contributed by atoms with Crippen molar-refractivity contribution in [1.29, 1.82) is 0 Å². The highest BCUT2D eigenvalue weighted by molar-refractivity contribution is 7.99. The van der Waals surface area contributed by atoms with Gasteiger partial charge in [-0.15, -0.1) is 21.5 Å². The predicted molar refractivity (Wildman–Crippen MR) is 119 cm³/mol. The molecular formula is C21H21N5O2S2. The van der Waals surface area contributed by atoms with Crippen LogP contribution in [0.3, 0.4) is 0 Å². The fourth-order valence-electron chi connectivity index (χ4n) is 3.77. The Balaban J connectivity index is 1.39. The molecule has 3 heterocycles. The van der Waals surface area contributed by atoms with Gasteiger partial charge in [0.15, 0.2) is 11.0 Å². The molecule has 0 radical (unpaired) electrons. The van der Waals surface area contributed by atoms with Crippen molar-refractivity contribution in [2.45, 2.75) is 43.4 Å². The maximum atomic E-state index is 13.2. The third kappa shape index (κ3) is 3.63. The van der Waals surface area contributed by atoms with Crippen molar-refractivity contribution >= 4 is 46.3 Å². The van der Waals surface area contributed by atoms with E-state index in [1.807, 2.05) is 48.7 Å². The summed E-state index contributed by atoms with van der Waals surface area (Å²) >= 11 is 3.06. The first-order chi connectivity index (χ1) is 14.6. The van der Waals surface area contributed by atoms with E-state index in [0.717, 1.165) is 34.4 Å². The van der Waals surface area contributed by atoms with Crippen LogP contribution >= 0.6 is 23.1 Å². The first-order valence-corrected chi connectivity index (χ1v) is 11.8. The molecule has 9 heteroatoms. The zero-order chi connectivity index (χ0) is 20.7. The summed E-state index contributed by atoms with van der Waals surface area (Å²) in [5.74, 6) is 1.000. The normalized spacial score (nSPS) is 18.6. The molecular weight excluding hydrogens is 418 g/mol. The van der Waals surface area contributed by atoms with Gasteiger partial charge in [0.25, 0.3) is 0 Å². The second-order valence-electron chi connectivity index (χ2n) is 7.56. The molecule has 2 aliphatic rings. The minimum Gasteiger partial charge on any atom is -0.324 e. The van der Waals surface area contributed by atoms with Gasteiger partial charge in [0.1, 0.15) is 0 Å². The minimum absolute atomic E-state index is 0.0422. The van der Waals surface area contributed by atoms with Gasteiger partial charge in [0.05, 0.1) is 22.0 Å². The number of amides is 2. The molecule has 1 saturated carbocycles. The van der Waals surface area contributed by atoms with Crippen molar-refractivity contribution in [3.8, 4) is 10.7 Å². The fourth-order valence-corrected chi connectivity index (χ4v) is 5.35. The number of hydrogen-bond acceptors (Lipinski definition) is 6. The third-order valence-electron chi connectivity index (χ3n) is 5.27. The molecule has 0 spiro atoms. The number of carbonyl (C=O) groups excluding carboxylic acids is 2. The lowest BCUT2D eigenvalue weighted by atomic mass is 10.2. The predicted octanol–water partition coefficient (Wildman–Crippen LogP) is 4.20. The zero-order valence-electron chi connectivity index (χ0n) is 16.4. The van der Waals surface area contributed by atoms with Gasteiger partial charge >= 0.3 is 0 Å². The van der Waals surface area contributed by atoms with Crippen LogP contribution in [0.25, 0.3) is 10.7 Å². The Kier molecular flexibility index (Phi) is 5.08. The molecule has 7 nitrogen and oxygen atoms in total. The summed E-state index contributed by atoms with van der Waals surface area (Å²) in [6.07, 6.45) is 2.50. The second-order valence-corrected chi connectivity index (χ2v) is 9.45. The number of carbonyl (C=O) groups is 2. The maximum absolute atomic E-state index is 13.2. The molecule has 1 N–H and O–H groups in total. The van der Waals surface area contributed by atoms with Crippen LogP contribution < -0.4 is 10.2 Å². The van der Waals surface area contributed by atoms with Crippen LogP contribution in [-0.4, -0.2) is 38.4 Å². The van der Waals surface area contributed by atoms with Gasteiger partial charge in [-0.05, 0) is 43.3 Å². The molecule has 1 aliphatic heterocycles.